The lowest BCUT2D eigenvalue weighted by Gasteiger charge is -2.03. The lowest BCUT2D eigenvalue weighted by Crippen LogP contribution is -2.03. The average molecular weight is 279 g/mol. The highest BCUT2D eigenvalue weighted by Gasteiger charge is 2.21. The first kappa shape index (κ1) is 13.4. The maximum absolute atomic E-state index is 11.0. The smallest absolute Gasteiger partial charge is 0.261 e. The van der Waals surface area contributed by atoms with Gasteiger partial charge in [0.05, 0.1) is 4.92 Å². The molecule has 0 aliphatic carbocycles. The first-order valence-corrected chi connectivity index (χ1v) is 6.07. The predicted molar refractivity (Wildman–Crippen MR) is 70.1 cm³/mol. The highest BCUT2D eigenvalue weighted by Crippen LogP contribution is 2.25. The van der Waals surface area contributed by atoms with Gasteiger partial charge in [0.15, 0.2) is 0 Å². The van der Waals surface area contributed by atoms with Crippen LogP contribution in [-0.2, 0) is 12.8 Å². The molecule has 0 aliphatic rings. The molecule has 98 valence electrons. The van der Waals surface area contributed by atoms with E-state index in [4.69, 9.17) is 11.6 Å². The summed E-state index contributed by atoms with van der Waals surface area (Å²) in [4.78, 5) is 22.2. The summed E-state index contributed by atoms with van der Waals surface area (Å²) in [6.07, 6.45) is 4.12. The Balaban J connectivity index is 2.32. The van der Waals surface area contributed by atoms with Gasteiger partial charge in [-0.3, -0.25) is 15.1 Å². The summed E-state index contributed by atoms with van der Waals surface area (Å²) in [5.41, 5.74) is 1.82. The lowest BCUT2D eigenvalue weighted by atomic mass is 10.1. The van der Waals surface area contributed by atoms with Crippen LogP contribution in [0.15, 0.2) is 24.7 Å². The number of hydrogen-bond donors (Lipinski definition) is 0. The van der Waals surface area contributed by atoms with E-state index in [1.54, 1.807) is 6.20 Å². The number of nitro groups is 1. The van der Waals surface area contributed by atoms with E-state index in [1.165, 1.54) is 6.33 Å². The predicted octanol–water partition coefficient (Wildman–Crippen LogP) is 2.59. The second-order valence-corrected chi connectivity index (χ2v) is 4.26. The molecule has 6 nitrogen and oxygen atoms in total. The highest BCUT2D eigenvalue weighted by atomic mass is 35.5. The molecule has 0 atom stereocenters. The molecular weight excluding hydrogens is 268 g/mol. The Hall–Kier alpha value is -2.08. The average Bonchev–Trinajstić information content (AvgIpc) is 2.39. The van der Waals surface area contributed by atoms with E-state index in [-0.39, 0.29) is 23.0 Å². The van der Waals surface area contributed by atoms with Crippen molar-refractivity contribution < 1.29 is 4.92 Å². The second kappa shape index (κ2) is 5.71. The third-order valence-electron chi connectivity index (χ3n) is 2.68. The van der Waals surface area contributed by atoms with Crippen LogP contribution in [0.1, 0.15) is 23.9 Å². The Morgan fingerprint density at radius 2 is 2.11 bits per heavy atom. The first-order chi connectivity index (χ1) is 9.11. The Labute approximate surface area is 114 Å². The molecule has 0 saturated heterocycles. The quantitative estimate of drug-likeness (QED) is 0.488. The van der Waals surface area contributed by atoms with Crippen LogP contribution in [0.4, 0.5) is 5.69 Å². The van der Waals surface area contributed by atoms with Crippen molar-refractivity contribution in [2.75, 3.05) is 0 Å². The Bertz CT molecular complexity index is 601. The van der Waals surface area contributed by atoms with Crippen LogP contribution < -0.4 is 0 Å². The van der Waals surface area contributed by atoms with Crippen LogP contribution >= 0.6 is 11.6 Å². The summed E-state index contributed by atoms with van der Waals surface area (Å²) in [6, 6.07) is 3.77. The minimum absolute atomic E-state index is 0.153. The van der Waals surface area contributed by atoms with Crippen LogP contribution in [0, 0.1) is 10.1 Å². The van der Waals surface area contributed by atoms with Crippen LogP contribution in [0.5, 0.6) is 0 Å². The molecule has 2 aromatic rings. The SMILES string of the molecule is CCc1ccc(Cc2ncnc(Cl)c2[N+](=O)[O-])nc1. The van der Waals surface area contributed by atoms with Crippen LogP contribution in [0.25, 0.3) is 0 Å². The van der Waals surface area contributed by atoms with Crippen molar-refractivity contribution >= 4 is 17.3 Å². The summed E-state index contributed by atoms with van der Waals surface area (Å²) in [6.45, 7) is 2.03. The highest BCUT2D eigenvalue weighted by molar-refractivity contribution is 6.31. The normalized spacial score (nSPS) is 10.4. The Morgan fingerprint density at radius 3 is 2.68 bits per heavy atom. The molecule has 0 fully saturated rings. The molecule has 0 aliphatic heterocycles. The van der Waals surface area contributed by atoms with Crippen molar-refractivity contribution in [3.63, 3.8) is 0 Å². The van der Waals surface area contributed by atoms with Gasteiger partial charge < -0.3 is 0 Å². The van der Waals surface area contributed by atoms with Gasteiger partial charge in [0, 0.05) is 18.3 Å². The standard InChI is InChI=1S/C12H11ClN4O2/c1-2-8-3-4-9(14-6-8)5-10-11(17(18)19)12(13)16-7-15-10/h3-4,6-7H,2,5H2,1H3. The summed E-state index contributed by atoms with van der Waals surface area (Å²) >= 11 is 5.73. The number of rotatable bonds is 4. The molecule has 0 unspecified atom stereocenters. The van der Waals surface area contributed by atoms with Gasteiger partial charge in [-0.1, -0.05) is 24.6 Å². The van der Waals surface area contributed by atoms with Gasteiger partial charge in [-0.2, -0.15) is 0 Å². The summed E-state index contributed by atoms with van der Waals surface area (Å²) in [5.74, 6) is 0. The van der Waals surface area contributed by atoms with Crippen LogP contribution in [0.2, 0.25) is 5.15 Å². The van der Waals surface area contributed by atoms with Crippen LogP contribution in [-0.4, -0.2) is 19.9 Å². The summed E-state index contributed by atoms with van der Waals surface area (Å²) in [7, 11) is 0. The second-order valence-electron chi connectivity index (χ2n) is 3.91. The van der Waals surface area contributed by atoms with Gasteiger partial charge in [-0.15, -0.1) is 0 Å². The summed E-state index contributed by atoms with van der Waals surface area (Å²) in [5, 5.41) is 10.8. The van der Waals surface area contributed by atoms with E-state index in [9.17, 15) is 10.1 Å². The molecule has 0 aromatic carbocycles. The number of halogens is 1. The van der Waals surface area contributed by atoms with Crippen molar-refractivity contribution in [1.29, 1.82) is 0 Å². The molecule has 0 saturated carbocycles. The molecule has 0 bridgehead atoms. The van der Waals surface area contributed by atoms with E-state index in [0.717, 1.165) is 12.0 Å². The molecule has 0 radical (unpaired) electrons. The molecule has 19 heavy (non-hydrogen) atoms. The fourth-order valence-corrected chi connectivity index (χ4v) is 1.86. The van der Waals surface area contributed by atoms with Gasteiger partial charge in [0.2, 0.25) is 5.15 Å². The Morgan fingerprint density at radius 1 is 1.32 bits per heavy atom. The number of nitrogens with zero attached hydrogens (tertiary/aromatic N) is 4. The fraction of sp³-hybridized carbons (Fsp3) is 0.250. The van der Waals surface area contributed by atoms with Crippen molar-refractivity contribution in [2.45, 2.75) is 19.8 Å². The van der Waals surface area contributed by atoms with E-state index >= 15 is 0 Å². The van der Waals surface area contributed by atoms with Gasteiger partial charge in [0.1, 0.15) is 12.0 Å². The van der Waals surface area contributed by atoms with E-state index in [0.29, 0.717) is 5.69 Å². The number of aromatic nitrogens is 3. The molecule has 2 rings (SSSR count). The van der Waals surface area contributed by atoms with E-state index < -0.39 is 4.92 Å². The van der Waals surface area contributed by atoms with Crippen LogP contribution in [0.3, 0.4) is 0 Å². The topological polar surface area (TPSA) is 81.8 Å². The molecule has 2 heterocycles. The molecule has 0 spiro atoms. The minimum atomic E-state index is -0.571. The third-order valence-corrected chi connectivity index (χ3v) is 2.96. The molecule has 0 N–H and O–H groups in total. The molecule has 2 aromatic heterocycles. The third kappa shape index (κ3) is 3.03. The van der Waals surface area contributed by atoms with Gasteiger partial charge in [-0.25, -0.2) is 9.97 Å². The van der Waals surface area contributed by atoms with Crippen molar-refractivity contribution in [3.8, 4) is 0 Å². The molecule has 0 amide bonds. The number of pyridine rings is 1. The number of hydrogen-bond acceptors (Lipinski definition) is 5. The Kier molecular flexibility index (Phi) is 4.01. The zero-order valence-electron chi connectivity index (χ0n) is 10.2. The zero-order valence-corrected chi connectivity index (χ0v) is 11.0. The van der Waals surface area contributed by atoms with Gasteiger partial charge >= 0.3 is 5.69 Å². The molecule has 7 heteroatoms. The maximum atomic E-state index is 11.0. The molecular formula is C12H11ClN4O2. The zero-order chi connectivity index (χ0) is 13.8. The number of aryl methyl sites for hydroxylation is 1. The van der Waals surface area contributed by atoms with E-state index in [1.807, 2.05) is 19.1 Å². The monoisotopic (exact) mass is 278 g/mol. The van der Waals surface area contributed by atoms with E-state index in [2.05, 4.69) is 15.0 Å². The van der Waals surface area contributed by atoms with Gasteiger partial charge in [-0.05, 0) is 18.1 Å². The first-order valence-electron chi connectivity index (χ1n) is 5.69. The van der Waals surface area contributed by atoms with Crippen molar-refractivity contribution in [2.24, 2.45) is 0 Å². The van der Waals surface area contributed by atoms with Gasteiger partial charge in [0.25, 0.3) is 0 Å². The van der Waals surface area contributed by atoms with Crippen molar-refractivity contribution in [3.05, 3.63) is 56.9 Å². The lowest BCUT2D eigenvalue weighted by molar-refractivity contribution is -0.386. The largest absolute Gasteiger partial charge is 0.328 e. The maximum Gasteiger partial charge on any atom is 0.328 e. The minimum Gasteiger partial charge on any atom is -0.261 e. The summed E-state index contributed by atoms with van der Waals surface area (Å²) < 4.78 is 0. The fourth-order valence-electron chi connectivity index (χ4n) is 1.64. The van der Waals surface area contributed by atoms with Crippen molar-refractivity contribution in [1.82, 2.24) is 15.0 Å².